The van der Waals surface area contributed by atoms with Crippen LogP contribution in [0.4, 0.5) is 0 Å². The summed E-state index contributed by atoms with van der Waals surface area (Å²) in [4.78, 5) is 12.9. The molecule has 1 fully saturated rings. The summed E-state index contributed by atoms with van der Waals surface area (Å²) in [5, 5.41) is 0. The van der Waals surface area contributed by atoms with Gasteiger partial charge in [-0.25, -0.2) is 4.31 Å². The zero-order chi connectivity index (χ0) is 15.9. The molecule has 1 amide bonds. The molecule has 2 aliphatic carbocycles. The van der Waals surface area contributed by atoms with Crippen molar-refractivity contribution in [2.24, 2.45) is 5.92 Å². The van der Waals surface area contributed by atoms with E-state index in [1.807, 2.05) is 48.5 Å². The summed E-state index contributed by atoms with van der Waals surface area (Å²) in [5.74, 6) is -0.986. The Morgan fingerprint density at radius 1 is 0.826 bits per heavy atom. The number of amides is 1. The third-order valence-electron chi connectivity index (χ3n) is 5.42. The quantitative estimate of drug-likeness (QED) is 0.747. The number of halogens is 1. The minimum absolute atomic E-state index is 0.0837. The molecule has 1 saturated heterocycles. The maximum atomic E-state index is 12.9. The monoisotopic (exact) mass is 345 g/mol. The van der Waals surface area contributed by atoms with Crippen molar-refractivity contribution < 1.29 is 13.2 Å². The van der Waals surface area contributed by atoms with Crippen molar-refractivity contribution in [1.82, 2.24) is 4.31 Å². The Hall–Kier alpha value is -1.85. The number of hydrogen-bond acceptors (Lipinski definition) is 3. The third kappa shape index (κ3) is 1.52. The summed E-state index contributed by atoms with van der Waals surface area (Å²) >= 11 is 0. The number of carbonyl (C=O) groups excluding carboxylic acids is 1. The first kappa shape index (κ1) is 13.6. The molecule has 6 heteroatoms. The van der Waals surface area contributed by atoms with Crippen molar-refractivity contribution >= 4 is 25.8 Å². The summed E-state index contributed by atoms with van der Waals surface area (Å²) in [6, 6.07) is 15.1. The van der Waals surface area contributed by atoms with Gasteiger partial charge >= 0.3 is 9.24 Å². The predicted molar refractivity (Wildman–Crippen MR) is 85.3 cm³/mol. The van der Waals surface area contributed by atoms with E-state index in [-0.39, 0.29) is 23.7 Å². The highest BCUT2D eigenvalue weighted by molar-refractivity contribution is 8.12. The van der Waals surface area contributed by atoms with Gasteiger partial charge in [0.2, 0.25) is 5.91 Å². The lowest BCUT2D eigenvalue weighted by Gasteiger charge is -2.30. The van der Waals surface area contributed by atoms with Crippen LogP contribution in [0.1, 0.15) is 40.1 Å². The summed E-state index contributed by atoms with van der Waals surface area (Å²) in [6.45, 7) is 0. The Morgan fingerprint density at radius 3 is 1.96 bits per heavy atom. The molecule has 0 aromatic heterocycles. The molecule has 116 valence electrons. The maximum Gasteiger partial charge on any atom is 0.324 e. The van der Waals surface area contributed by atoms with Crippen LogP contribution in [-0.4, -0.2) is 18.6 Å². The largest absolute Gasteiger partial charge is 0.324 e. The molecule has 4 nitrogen and oxygen atoms in total. The van der Waals surface area contributed by atoms with Gasteiger partial charge in [0.15, 0.2) is 0 Å². The number of fused-ring (bicyclic) bond motifs is 5. The van der Waals surface area contributed by atoms with Crippen molar-refractivity contribution in [3.8, 4) is 0 Å². The molecule has 0 N–H and O–H groups in total. The molecule has 0 saturated carbocycles. The molecule has 0 radical (unpaired) electrons. The first-order valence-electron chi connectivity index (χ1n) is 7.45. The standard InChI is InChI=1S/C17H12ClNO3S/c18-23(21,22)19-16-12-8-4-3-7-11(12)13-9-5-1-2-6-10(9)14(16)15(13)17(19)20/h1-8,13-16H/t13-,14+,15-,16-/m0/s1. The molecule has 1 heterocycles. The van der Waals surface area contributed by atoms with Gasteiger partial charge in [0.05, 0.1) is 12.0 Å². The maximum absolute atomic E-state index is 12.9. The molecule has 0 spiro atoms. The zero-order valence-electron chi connectivity index (χ0n) is 11.9. The van der Waals surface area contributed by atoms with Gasteiger partial charge in [-0.3, -0.25) is 4.79 Å². The third-order valence-corrected chi connectivity index (χ3v) is 6.74. The second-order valence-corrected chi connectivity index (χ2v) is 8.70. The van der Waals surface area contributed by atoms with E-state index in [9.17, 15) is 13.2 Å². The van der Waals surface area contributed by atoms with Crippen LogP contribution in [0.2, 0.25) is 0 Å². The zero-order valence-corrected chi connectivity index (χ0v) is 13.5. The lowest BCUT2D eigenvalue weighted by molar-refractivity contribution is -0.127. The molecule has 5 rings (SSSR count). The van der Waals surface area contributed by atoms with E-state index in [1.54, 1.807) is 0 Å². The summed E-state index contributed by atoms with van der Waals surface area (Å²) < 4.78 is 25.0. The van der Waals surface area contributed by atoms with Crippen LogP contribution in [0.3, 0.4) is 0 Å². The highest BCUT2D eigenvalue weighted by Crippen LogP contribution is 2.66. The molecule has 2 aromatic rings. The molecule has 0 unspecified atom stereocenters. The first-order chi connectivity index (χ1) is 11.0. The number of rotatable bonds is 1. The lowest BCUT2D eigenvalue weighted by Crippen LogP contribution is -2.32. The van der Waals surface area contributed by atoms with Crippen molar-refractivity contribution in [3.63, 3.8) is 0 Å². The van der Waals surface area contributed by atoms with Gasteiger partial charge in [-0.1, -0.05) is 48.5 Å². The summed E-state index contributed by atoms with van der Waals surface area (Å²) in [6.07, 6.45) is 0. The fourth-order valence-corrected chi connectivity index (χ4v) is 6.09. The second-order valence-electron chi connectivity index (χ2n) is 6.31. The van der Waals surface area contributed by atoms with E-state index < -0.39 is 15.3 Å². The first-order valence-corrected chi connectivity index (χ1v) is 9.72. The molecule has 23 heavy (non-hydrogen) atoms. The van der Waals surface area contributed by atoms with E-state index in [2.05, 4.69) is 0 Å². The minimum atomic E-state index is -4.12. The minimum Gasteiger partial charge on any atom is -0.273 e. The SMILES string of the molecule is O=C1[C@H]2[C@H]3c4ccccc4[C@H]2[C@H](c2ccccc23)N1S(=O)(=O)Cl. The van der Waals surface area contributed by atoms with Gasteiger partial charge in [0.25, 0.3) is 0 Å². The van der Waals surface area contributed by atoms with Crippen LogP contribution in [-0.2, 0) is 14.0 Å². The van der Waals surface area contributed by atoms with Crippen LogP contribution in [0.5, 0.6) is 0 Å². The molecule has 4 bridgehead atoms. The van der Waals surface area contributed by atoms with Crippen molar-refractivity contribution in [3.05, 3.63) is 70.8 Å². The van der Waals surface area contributed by atoms with Crippen molar-refractivity contribution in [2.45, 2.75) is 17.9 Å². The van der Waals surface area contributed by atoms with Gasteiger partial charge in [-0.2, -0.15) is 8.42 Å². The van der Waals surface area contributed by atoms with E-state index in [1.165, 1.54) is 0 Å². The van der Waals surface area contributed by atoms with E-state index in [0.29, 0.717) is 0 Å². The van der Waals surface area contributed by atoms with Crippen LogP contribution >= 0.6 is 10.7 Å². The normalized spacial score (nSPS) is 30.3. The van der Waals surface area contributed by atoms with Gasteiger partial charge in [0, 0.05) is 22.5 Å². The Morgan fingerprint density at radius 2 is 1.35 bits per heavy atom. The van der Waals surface area contributed by atoms with Gasteiger partial charge in [-0.15, -0.1) is 0 Å². The Labute approximate surface area is 138 Å². The number of benzene rings is 2. The topological polar surface area (TPSA) is 54.5 Å². The average molecular weight is 346 g/mol. The van der Waals surface area contributed by atoms with Crippen molar-refractivity contribution in [1.29, 1.82) is 0 Å². The number of hydrogen-bond donors (Lipinski definition) is 0. The van der Waals surface area contributed by atoms with Gasteiger partial charge in [0.1, 0.15) is 0 Å². The molecular formula is C17H12ClNO3S. The van der Waals surface area contributed by atoms with Crippen LogP contribution in [0.25, 0.3) is 0 Å². The summed E-state index contributed by atoms with van der Waals surface area (Å²) in [7, 11) is 1.49. The number of carbonyl (C=O) groups is 1. The fraction of sp³-hybridized carbons (Fsp3) is 0.235. The smallest absolute Gasteiger partial charge is 0.273 e. The Balaban J connectivity index is 1.88. The summed E-state index contributed by atoms with van der Waals surface area (Å²) in [5.41, 5.74) is 4.14. The van der Waals surface area contributed by atoms with E-state index >= 15 is 0 Å². The Bertz CT molecular complexity index is 971. The highest BCUT2D eigenvalue weighted by Gasteiger charge is 2.63. The predicted octanol–water partition coefficient (Wildman–Crippen LogP) is 2.91. The van der Waals surface area contributed by atoms with E-state index in [4.69, 9.17) is 10.7 Å². The van der Waals surface area contributed by atoms with Crippen LogP contribution in [0.15, 0.2) is 48.5 Å². The Kier molecular flexibility index (Phi) is 2.46. The van der Waals surface area contributed by atoms with E-state index in [0.717, 1.165) is 26.6 Å². The second kappa shape index (κ2) is 4.16. The molecule has 1 aliphatic heterocycles. The lowest BCUT2D eigenvalue weighted by atomic mass is 9.73. The number of nitrogens with zero attached hydrogens (tertiary/aromatic N) is 1. The molecule has 2 aromatic carbocycles. The molecule has 3 aliphatic rings. The van der Waals surface area contributed by atoms with Gasteiger partial charge in [-0.05, 0) is 22.3 Å². The van der Waals surface area contributed by atoms with Crippen molar-refractivity contribution in [2.75, 3.05) is 0 Å². The van der Waals surface area contributed by atoms with Crippen LogP contribution in [0, 0.1) is 5.92 Å². The van der Waals surface area contributed by atoms with Crippen LogP contribution < -0.4 is 0 Å². The highest BCUT2D eigenvalue weighted by atomic mass is 35.7. The van der Waals surface area contributed by atoms with Gasteiger partial charge < -0.3 is 0 Å². The average Bonchev–Trinajstić information content (AvgIpc) is 2.93. The fourth-order valence-electron chi connectivity index (χ4n) is 4.77. The molecule has 4 atom stereocenters. The molecular weight excluding hydrogens is 334 g/mol.